The van der Waals surface area contributed by atoms with Gasteiger partial charge in [-0.25, -0.2) is 14.6 Å². The van der Waals surface area contributed by atoms with Gasteiger partial charge in [0.2, 0.25) is 0 Å². The molecule has 3 aliphatic rings. The molecule has 1 aliphatic heterocycles. The lowest BCUT2D eigenvalue weighted by Gasteiger charge is -2.08. The highest BCUT2D eigenvalue weighted by atomic mass is 32.2. The molecule has 4 N–H and O–H groups in total. The molecular formula is C29H28F6N4O5S. The first-order chi connectivity index (χ1) is 21.1. The highest BCUT2D eigenvalue weighted by molar-refractivity contribution is 7.99. The third-order valence-electron chi connectivity index (χ3n) is 6.96. The summed E-state index contributed by atoms with van der Waals surface area (Å²) < 4.78 is 65.7. The van der Waals surface area contributed by atoms with Crippen molar-refractivity contribution < 1.29 is 50.9 Å². The molecule has 242 valence electrons. The van der Waals surface area contributed by atoms with Crippen molar-refractivity contribution in [2.45, 2.75) is 55.3 Å². The average Bonchev–Trinajstić information content (AvgIpc) is 3.86. The van der Waals surface area contributed by atoms with E-state index in [1.807, 2.05) is 36.4 Å². The number of carboxylic acid groups (broad SMARTS) is 2. The summed E-state index contributed by atoms with van der Waals surface area (Å²) in [7, 11) is 0. The number of carbonyl (C=O) groups is 3. The summed E-state index contributed by atoms with van der Waals surface area (Å²) in [5, 5.41) is 22.1. The van der Waals surface area contributed by atoms with Gasteiger partial charge in [-0.3, -0.25) is 4.79 Å². The fraction of sp³-hybridized carbons (Fsp3) is 0.379. The molecule has 6 rings (SSSR count). The number of aryl methyl sites for hydroxylation is 1. The number of amides is 1. The van der Waals surface area contributed by atoms with Crippen molar-refractivity contribution in [1.82, 2.24) is 14.9 Å². The number of carbonyl (C=O) groups excluding carboxylic acids is 1. The average molecular weight is 659 g/mol. The largest absolute Gasteiger partial charge is 0.490 e. The predicted octanol–water partition coefficient (Wildman–Crippen LogP) is 6.03. The zero-order valence-corrected chi connectivity index (χ0v) is 24.2. The maximum atomic E-state index is 12.8. The van der Waals surface area contributed by atoms with Crippen LogP contribution in [-0.2, 0) is 16.1 Å². The Hall–Kier alpha value is -4.05. The van der Waals surface area contributed by atoms with Gasteiger partial charge >= 0.3 is 24.3 Å². The first-order valence-corrected chi connectivity index (χ1v) is 14.7. The number of hydrogen-bond acceptors (Lipinski definition) is 6. The van der Waals surface area contributed by atoms with Gasteiger partial charge in [0.15, 0.2) is 5.16 Å². The third-order valence-corrected chi connectivity index (χ3v) is 7.93. The van der Waals surface area contributed by atoms with Crippen molar-refractivity contribution >= 4 is 35.3 Å². The Balaban J connectivity index is 0.000000277. The van der Waals surface area contributed by atoms with Gasteiger partial charge in [-0.05, 0) is 61.6 Å². The summed E-state index contributed by atoms with van der Waals surface area (Å²) >= 11 is 1.80. The molecule has 2 heterocycles. The van der Waals surface area contributed by atoms with Crippen LogP contribution in [0.2, 0.25) is 0 Å². The van der Waals surface area contributed by atoms with E-state index in [4.69, 9.17) is 24.8 Å². The number of aliphatic carboxylic acids is 2. The second-order valence-corrected chi connectivity index (χ2v) is 11.6. The van der Waals surface area contributed by atoms with Crippen LogP contribution in [0.3, 0.4) is 0 Å². The number of hydrogen-bond donors (Lipinski definition) is 4. The SMILES string of the molecule is O=C(Nc1ccc(-c2cn3c(n2)SCC3)cc1)c1cccc([C@@H]2C[C@H]2NCC2CC2)c1.O=C(O)C(F)(F)F.O=C(O)C(F)(F)F. The number of fused-ring (bicyclic) bond motifs is 1. The molecule has 0 radical (unpaired) electrons. The summed E-state index contributed by atoms with van der Waals surface area (Å²) in [6.07, 6.45) is -4.12. The molecule has 1 aromatic heterocycles. The number of carboxylic acids is 2. The van der Waals surface area contributed by atoms with Crippen LogP contribution < -0.4 is 10.6 Å². The van der Waals surface area contributed by atoms with Gasteiger partial charge in [-0.1, -0.05) is 36.0 Å². The molecule has 0 spiro atoms. The highest BCUT2D eigenvalue weighted by Gasteiger charge is 2.40. The van der Waals surface area contributed by atoms with Crippen molar-refractivity contribution in [3.63, 3.8) is 0 Å². The van der Waals surface area contributed by atoms with Crippen LogP contribution in [0.15, 0.2) is 59.9 Å². The van der Waals surface area contributed by atoms with Crippen molar-refractivity contribution in [3.8, 4) is 11.3 Å². The van der Waals surface area contributed by atoms with Gasteiger partial charge in [0.25, 0.3) is 5.91 Å². The first kappa shape index (κ1) is 33.8. The van der Waals surface area contributed by atoms with Crippen LogP contribution in [-0.4, -0.2) is 68.3 Å². The van der Waals surface area contributed by atoms with Gasteiger partial charge in [-0.15, -0.1) is 0 Å². The van der Waals surface area contributed by atoms with Crippen LogP contribution in [0.5, 0.6) is 0 Å². The monoisotopic (exact) mass is 658 g/mol. The number of anilines is 1. The van der Waals surface area contributed by atoms with E-state index in [1.54, 1.807) is 11.8 Å². The maximum Gasteiger partial charge on any atom is 0.490 e. The number of halogens is 6. The maximum absolute atomic E-state index is 12.8. The van der Waals surface area contributed by atoms with Gasteiger partial charge in [0.1, 0.15) is 0 Å². The Kier molecular flexibility index (Phi) is 10.5. The van der Waals surface area contributed by atoms with E-state index in [0.717, 1.165) is 52.4 Å². The van der Waals surface area contributed by atoms with Crippen LogP contribution in [0.25, 0.3) is 11.3 Å². The second kappa shape index (κ2) is 13.9. The molecule has 0 saturated heterocycles. The smallest absolute Gasteiger partial charge is 0.475 e. The molecule has 16 heteroatoms. The first-order valence-electron chi connectivity index (χ1n) is 13.7. The lowest BCUT2D eigenvalue weighted by Crippen LogP contribution is -2.21. The van der Waals surface area contributed by atoms with Crippen molar-refractivity contribution in [2.75, 3.05) is 17.6 Å². The van der Waals surface area contributed by atoms with E-state index in [1.165, 1.54) is 24.8 Å². The predicted molar refractivity (Wildman–Crippen MR) is 152 cm³/mol. The fourth-order valence-corrected chi connectivity index (χ4v) is 5.26. The Morgan fingerprint density at radius 2 is 1.58 bits per heavy atom. The lowest BCUT2D eigenvalue weighted by molar-refractivity contribution is -0.193. The molecule has 2 saturated carbocycles. The summed E-state index contributed by atoms with van der Waals surface area (Å²) in [5.74, 6) is -3.03. The number of imidazole rings is 1. The summed E-state index contributed by atoms with van der Waals surface area (Å²) in [6, 6.07) is 16.6. The topological polar surface area (TPSA) is 134 Å². The van der Waals surface area contributed by atoms with Gasteiger partial charge in [0.05, 0.1) is 5.69 Å². The van der Waals surface area contributed by atoms with E-state index in [2.05, 4.69) is 33.5 Å². The standard InChI is InChI=1S/C25H26N4OS.2C2HF3O2/c30-24(19-3-1-2-18(12-19)21-13-22(21)26-14-16-4-5-16)27-20-8-6-17(7-9-20)23-15-29-10-11-31-25(29)28-23;2*3-2(4,5)1(6)7/h1-3,6-9,12,15-16,21-22,26H,4-5,10-11,13-14H2,(H,27,30);2*(H,6,7)/t21-,22+;;/m0../s1. The second-order valence-electron chi connectivity index (χ2n) is 10.5. The number of nitrogens with zero attached hydrogens (tertiary/aromatic N) is 2. The minimum Gasteiger partial charge on any atom is -0.475 e. The molecule has 1 amide bonds. The summed E-state index contributed by atoms with van der Waals surface area (Å²) in [6.45, 7) is 2.18. The Morgan fingerprint density at radius 3 is 2.13 bits per heavy atom. The lowest BCUT2D eigenvalue weighted by atomic mass is 10.1. The molecule has 2 aromatic carbocycles. The van der Waals surface area contributed by atoms with E-state index in [9.17, 15) is 31.1 Å². The van der Waals surface area contributed by atoms with Crippen molar-refractivity contribution in [3.05, 3.63) is 65.9 Å². The van der Waals surface area contributed by atoms with Crippen LogP contribution in [0.1, 0.15) is 41.1 Å². The van der Waals surface area contributed by atoms with Crippen molar-refractivity contribution in [1.29, 1.82) is 0 Å². The van der Waals surface area contributed by atoms with Crippen LogP contribution in [0, 0.1) is 5.92 Å². The Bertz CT molecular complexity index is 1480. The zero-order valence-electron chi connectivity index (χ0n) is 23.4. The molecule has 0 unspecified atom stereocenters. The number of nitrogens with one attached hydrogen (secondary N) is 2. The molecule has 2 atom stereocenters. The molecule has 0 bridgehead atoms. The van der Waals surface area contributed by atoms with E-state index < -0.39 is 24.3 Å². The fourth-order valence-electron chi connectivity index (χ4n) is 4.32. The minimum absolute atomic E-state index is 0.0601. The molecular weight excluding hydrogens is 630 g/mol. The number of thioether (sulfide) groups is 1. The van der Waals surface area contributed by atoms with E-state index in [0.29, 0.717) is 12.0 Å². The zero-order chi connectivity index (χ0) is 32.9. The van der Waals surface area contributed by atoms with E-state index in [-0.39, 0.29) is 5.91 Å². The normalized spacial score (nSPS) is 18.4. The number of benzene rings is 2. The number of aromatic nitrogens is 2. The van der Waals surface area contributed by atoms with Crippen molar-refractivity contribution in [2.24, 2.45) is 5.92 Å². The van der Waals surface area contributed by atoms with Crippen LogP contribution >= 0.6 is 11.8 Å². The Morgan fingerprint density at radius 1 is 0.956 bits per heavy atom. The summed E-state index contributed by atoms with van der Waals surface area (Å²) in [5.41, 5.74) is 4.85. The van der Waals surface area contributed by atoms with Gasteiger partial charge < -0.3 is 25.4 Å². The molecule has 2 aliphatic carbocycles. The molecule has 9 nitrogen and oxygen atoms in total. The molecule has 3 aromatic rings. The number of rotatable bonds is 7. The third kappa shape index (κ3) is 9.97. The quantitative estimate of drug-likeness (QED) is 0.226. The Labute approximate surface area is 257 Å². The van der Waals surface area contributed by atoms with Gasteiger partial charge in [0, 0.05) is 47.3 Å². The van der Waals surface area contributed by atoms with E-state index >= 15 is 0 Å². The van der Waals surface area contributed by atoms with Crippen LogP contribution in [0.4, 0.5) is 32.0 Å². The summed E-state index contributed by atoms with van der Waals surface area (Å²) in [4.78, 5) is 35.3. The minimum atomic E-state index is -5.08. The highest BCUT2D eigenvalue weighted by Crippen LogP contribution is 2.42. The molecule has 2 fully saturated rings. The number of alkyl halides is 6. The van der Waals surface area contributed by atoms with Gasteiger partial charge in [-0.2, -0.15) is 26.3 Å². The molecule has 45 heavy (non-hydrogen) atoms.